The molecular weight excluding hydrogens is 278 g/mol. The van der Waals surface area contributed by atoms with Gasteiger partial charge in [-0.1, -0.05) is 12.1 Å². The van der Waals surface area contributed by atoms with Gasteiger partial charge in [-0.25, -0.2) is 4.98 Å². The third kappa shape index (κ3) is 2.42. The summed E-state index contributed by atoms with van der Waals surface area (Å²) in [6.45, 7) is 4.36. The summed E-state index contributed by atoms with van der Waals surface area (Å²) < 4.78 is 13.5. The molecule has 0 N–H and O–H groups in total. The maximum atomic E-state index is 6.02. The summed E-state index contributed by atoms with van der Waals surface area (Å²) in [6.07, 6.45) is 0. The molecule has 2 aromatic heterocycles. The van der Waals surface area contributed by atoms with Crippen LogP contribution in [0.2, 0.25) is 0 Å². The number of furan rings is 1. The molecule has 0 spiro atoms. The molecular formula is C17H19N3O2. The van der Waals surface area contributed by atoms with E-state index in [2.05, 4.69) is 20.5 Å². The number of hydrogen-bond donors (Lipinski definition) is 0. The minimum atomic E-state index is 0.804. The number of aryl methyl sites for hydroxylation is 1. The van der Waals surface area contributed by atoms with Crippen LogP contribution in [-0.4, -0.2) is 40.8 Å². The summed E-state index contributed by atoms with van der Waals surface area (Å²) in [5.41, 5.74) is 2.11. The molecule has 5 heteroatoms. The summed E-state index contributed by atoms with van der Waals surface area (Å²) in [5.74, 6) is 2.67. The molecule has 114 valence electrons. The highest BCUT2D eigenvalue weighted by Gasteiger charge is 2.16. The van der Waals surface area contributed by atoms with Crippen molar-refractivity contribution in [3.05, 3.63) is 42.2 Å². The Labute approximate surface area is 129 Å². The van der Waals surface area contributed by atoms with E-state index in [0.717, 1.165) is 61.2 Å². The molecule has 0 bridgehead atoms. The van der Waals surface area contributed by atoms with E-state index in [1.165, 1.54) is 0 Å². The van der Waals surface area contributed by atoms with Crippen LogP contribution in [0.1, 0.15) is 5.76 Å². The van der Waals surface area contributed by atoms with Gasteiger partial charge in [0.05, 0.1) is 30.8 Å². The molecule has 0 aliphatic carbocycles. The molecule has 3 heterocycles. The van der Waals surface area contributed by atoms with Crippen molar-refractivity contribution < 1.29 is 9.15 Å². The van der Waals surface area contributed by atoms with E-state index in [-0.39, 0.29) is 0 Å². The van der Waals surface area contributed by atoms with Gasteiger partial charge in [0.25, 0.3) is 0 Å². The van der Waals surface area contributed by atoms with Crippen molar-refractivity contribution in [3.63, 3.8) is 0 Å². The number of imidazole rings is 1. The van der Waals surface area contributed by atoms with Gasteiger partial charge in [0, 0.05) is 20.1 Å². The van der Waals surface area contributed by atoms with Crippen LogP contribution < -0.4 is 0 Å². The number of benzene rings is 1. The Balaban J connectivity index is 1.61. The molecule has 1 saturated heterocycles. The average molecular weight is 297 g/mol. The number of nitrogens with zero attached hydrogens (tertiary/aromatic N) is 3. The molecule has 22 heavy (non-hydrogen) atoms. The van der Waals surface area contributed by atoms with Gasteiger partial charge in [-0.2, -0.15) is 0 Å². The van der Waals surface area contributed by atoms with E-state index in [0.29, 0.717) is 0 Å². The van der Waals surface area contributed by atoms with E-state index < -0.39 is 0 Å². The quantitative estimate of drug-likeness (QED) is 0.745. The number of fused-ring (bicyclic) bond motifs is 1. The summed E-state index contributed by atoms with van der Waals surface area (Å²) >= 11 is 0. The van der Waals surface area contributed by atoms with E-state index in [1.54, 1.807) is 0 Å². The van der Waals surface area contributed by atoms with Crippen molar-refractivity contribution in [2.45, 2.75) is 6.54 Å². The second kappa shape index (κ2) is 5.59. The van der Waals surface area contributed by atoms with Crippen LogP contribution in [0.5, 0.6) is 0 Å². The van der Waals surface area contributed by atoms with E-state index in [9.17, 15) is 0 Å². The average Bonchev–Trinajstić information content (AvgIpc) is 3.14. The zero-order valence-corrected chi connectivity index (χ0v) is 12.7. The topological polar surface area (TPSA) is 43.4 Å². The predicted octanol–water partition coefficient (Wildman–Crippen LogP) is 2.67. The third-order valence-electron chi connectivity index (χ3n) is 4.15. The van der Waals surface area contributed by atoms with Gasteiger partial charge in [-0.05, 0) is 24.3 Å². The van der Waals surface area contributed by atoms with Crippen molar-refractivity contribution in [3.8, 4) is 11.6 Å². The van der Waals surface area contributed by atoms with Crippen LogP contribution in [0.25, 0.3) is 22.6 Å². The Morgan fingerprint density at radius 2 is 1.91 bits per heavy atom. The number of rotatable bonds is 3. The molecule has 1 aromatic carbocycles. The Bertz CT molecular complexity index is 784. The lowest BCUT2D eigenvalue weighted by atomic mass is 10.3. The molecule has 0 amide bonds. The maximum Gasteiger partial charge on any atom is 0.176 e. The molecule has 0 saturated carbocycles. The van der Waals surface area contributed by atoms with Crippen LogP contribution in [0.4, 0.5) is 0 Å². The smallest absolute Gasteiger partial charge is 0.176 e. The number of morpholine rings is 1. The largest absolute Gasteiger partial charge is 0.456 e. The molecule has 5 nitrogen and oxygen atoms in total. The van der Waals surface area contributed by atoms with Crippen molar-refractivity contribution >= 4 is 11.0 Å². The van der Waals surface area contributed by atoms with Gasteiger partial charge < -0.3 is 13.7 Å². The third-order valence-corrected chi connectivity index (χ3v) is 4.15. The molecule has 4 rings (SSSR count). The van der Waals surface area contributed by atoms with E-state index >= 15 is 0 Å². The Hall–Kier alpha value is -2.11. The van der Waals surface area contributed by atoms with Crippen molar-refractivity contribution in [1.82, 2.24) is 14.5 Å². The molecule has 0 radical (unpaired) electrons. The Morgan fingerprint density at radius 1 is 1.09 bits per heavy atom. The fourth-order valence-electron chi connectivity index (χ4n) is 2.93. The normalized spacial score (nSPS) is 16.4. The fraction of sp³-hybridized carbons (Fsp3) is 0.353. The summed E-state index contributed by atoms with van der Waals surface area (Å²) in [6, 6.07) is 12.2. The summed E-state index contributed by atoms with van der Waals surface area (Å²) in [4.78, 5) is 7.03. The first kappa shape index (κ1) is 13.5. The van der Waals surface area contributed by atoms with Crippen molar-refractivity contribution in [1.29, 1.82) is 0 Å². The van der Waals surface area contributed by atoms with E-state index in [4.69, 9.17) is 9.15 Å². The first-order chi connectivity index (χ1) is 10.8. The second-order valence-electron chi connectivity index (χ2n) is 5.64. The van der Waals surface area contributed by atoms with Gasteiger partial charge in [-0.15, -0.1) is 0 Å². The first-order valence-electron chi connectivity index (χ1n) is 7.62. The number of hydrogen-bond acceptors (Lipinski definition) is 4. The summed E-state index contributed by atoms with van der Waals surface area (Å²) in [7, 11) is 2.02. The number of para-hydroxylation sites is 2. The molecule has 3 aromatic rings. The molecule has 0 unspecified atom stereocenters. The molecule has 0 atom stereocenters. The first-order valence-corrected chi connectivity index (χ1v) is 7.62. The van der Waals surface area contributed by atoms with Gasteiger partial charge in [0.15, 0.2) is 11.6 Å². The van der Waals surface area contributed by atoms with Gasteiger partial charge in [-0.3, -0.25) is 4.90 Å². The maximum absolute atomic E-state index is 6.02. The van der Waals surface area contributed by atoms with Gasteiger partial charge in [0.1, 0.15) is 5.76 Å². The van der Waals surface area contributed by atoms with Crippen molar-refractivity contribution in [2.24, 2.45) is 7.05 Å². The van der Waals surface area contributed by atoms with Gasteiger partial charge >= 0.3 is 0 Å². The molecule has 1 aliphatic heterocycles. The van der Waals surface area contributed by atoms with E-state index in [1.807, 2.05) is 37.4 Å². The predicted molar refractivity (Wildman–Crippen MR) is 84.5 cm³/mol. The monoisotopic (exact) mass is 297 g/mol. The highest BCUT2D eigenvalue weighted by Crippen LogP contribution is 2.25. The molecule has 1 fully saturated rings. The summed E-state index contributed by atoms with van der Waals surface area (Å²) in [5, 5.41) is 0. The SMILES string of the molecule is Cn1c(-c2ccc(CN3CCOCC3)o2)nc2ccccc21. The van der Waals surface area contributed by atoms with Crippen LogP contribution in [0.15, 0.2) is 40.8 Å². The Morgan fingerprint density at radius 3 is 2.73 bits per heavy atom. The minimum Gasteiger partial charge on any atom is -0.456 e. The van der Waals surface area contributed by atoms with Crippen LogP contribution in [0, 0.1) is 0 Å². The lowest BCUT2D eigenvalue weighted by Gasteiger charge is -2.25. The minimum absolute atomic E-state index is 0.804. The van der Waals surface area contributed by atoms with Crippen LogP contribution in [-0.2, 0) is 18.3 Å². The van der Waals surface area contributed by atoms with Crippen molar-refractivity contribution in [2.75, 3.05) is 26.3 Å². The standard InChI is InChI=1S/C17H19N3O2/c1-19-15-5-3-2-4-14(15)18-17(19)16-7-6-13(22-16)12-20-8-10-21-11-9-20/h2-7H,8-12H2,1H3. The highest BCUT2D eigenvalue weighted by molar-refractivity contribution is 5.79. The number of ether oxygens (including phenoxy) is 1. The Kier molecular flexibility index (Phi) is 3.44. The zero-order chi connectivity index (χ0) is 14.9. The van der Waals surface area contributed by atoms with Crippen LogP contribution >= 0.6 is 0 Å². The van der Waals surface area contributed by atoms with Crippen LogP contribution in [0.3, 0.4) is 0 Å². The second-order valence-corrected chi connectivity index (χ2v) is 5.64. The zero-order valence-electron chi connectivity index (χ0n) is 12.7. The lowest BCUT2D eigenvalue weighted by Crippen LogP contribution is -2.35. The lowest BCUT2D eigenvalue weighted by molar-refractivity contribution is 0.0314. The highest BCUT2D eigenvalue weighted by atomic mass is 16.5. The fourth-order valence-corrected chi connectivity index (χ4v) is 2.93. The molecule has 1 aliphatic rings. The number of aromatic nitrogens is 2. The van der Waals surface area contributed by atoms with Gasteiger partial charge in [0.2, 0.25) is 0 Å².